The molecule has 2 saturated heterocycles. The molecule has 1 atom stereocenters. The predicted octanol–water partition coefficient (Wildman–Crippen LogP) is 3.07. The second-order valence-corrected chi connectivity index (χ2v) is 7.60. The zero-order valence-corrected chi connectivity index (χ0v) is 15.3. The lowest BCUT2D eigenvalue weighted by atomic mass is 9.76. The van der Waals surface area contributed by atoms with Crippen LogP contribution in [-0.4, -0.2) is 52.7 Å². The maximum absolute atomic E-state index is 12.5. The van der Waals surface area contributed by atoms with Gasteiger partial charge in [-0.05, 0) is 50.8 Å². The van der Waals surface area contributed by atoms with Crippen LogP contribution in [-0.2, 0) is 0 Å². The van der Waals surface area contributed by atoms with Gasteiger partial charge in [-0.15, -0.1) is 0 Å². The van der Waals surface area contributed by atoms with Gasteiger partial charge in [0.25, 0.3) is 0 Å². The molecule has 2 aliphatic rings. The van der Waals surface area contributed by atoms with Gasteiger partial charge in [-0.25, -0.2) is 4.79 Å². The van der Waals surface area contributed by atoms with Crippen LogP contribution in [0.2, 0.25) is 0 Å². The Bertz CT molecular complexity index is 767. The maximum Gasteiger partial charge on any atom is 0.321 e. The van der Waals surface area contributed by atoms with Crippen LogP contribution in [0.1, 0.15) is 37.0 Å². The summed E-state index contributed by atoms with van der Waals surface area (Å²) in [5.74, 6) is 1.40. The molecule has 0 saturated carbocycles. The Hall–Kier alpha value is -2.41. The molecule has 3 heterocycles. The van der Waals surface area contributed by atoms with Crippen molar-refractivity contribution < 1.29 is 9.32 Å². The Morgan fingerprint density at radius 1 is 1.27 bits per heavy atom. The number of benzene rings is 1. The lowest BCUT2D eigenvalue weighted by Gasteiger charge is -2.39. The van der Waals surface area contributed by atoms with E-state index in [0.29, 0.717) is 11.7 Å². The highest BCUT2D eigenvalue weighted by Gasteiger charge is 2.46. The third-order valence-electron chi connectivity index (χ3n) is 5.71. The number of amides is 2. The van der Waals surface area contributed by atoms with Gasteiger partial charge in [0.2, 0.25) is 5.89 Å². The Morgan fingerprint density at radius 2 is 2.00 bits per heavy atom. The molecule has 1 unspecified atom stereocenters. The summed E-state index contributed by atoms with van der Waals surface area (Å²) in [5, 5.41) is 6.91. The fourth-order valence-electron chi connectivity index (χ4n) is 4.26. The van der Waals surface area contributed by atoms with Crippen molar-refractivity contribution in [3.8, 4) is 0 Å². The average molecular weight is 355 g/mol. The third kappa shape index (κ3) is 3.31. The number of carbonyl (C=O) groups excluding carboxylic acids is 1. The molecular formula is C19H25N5O2. The van der Waals surface area contributed by atoms with E-state index >= 15 is 0 Å². The summed E-state index contributed by atoms with van der Waals surface area (Å²) in [6, 6.07) is 9.78. The predicted molar refractivity (Wildman–Crippen MR) is 97.7 cm³/mol. The summed E-state index contributed by atoms with van der Waals surface area (Å²) in [4.78, 5) is 21.1. The van der Waals surface area contributed by atoms with Crippen LogP contribution >= 0.6 is 0 Å². The maximum atomic E-state index is 12.5. The summed E-state index contributed by atoms with van der Waals surface area (Å²) in [6.07, 6.45) is 3.02. The fourth-order valence-corrected chi connectivity index (χ4v) is 4.26. The lowest BCUT2D eigenvalue weighted by Crippen LogP contribution is -2.45. The van der Waals surface area contributed by atoms with E-state index in [1.165, 1.54) is 0 Å². The molecule has 2 aliphatic heterocycles. The van der Waals surface area contributed by atoms with Crippen LogP contribution in [0.15, 0.2) is 34.9 Å². The summed E-state index contributed by atoms with van der Waals surface area (Å²) in [7, 11) is 2.12. The van der Waals surface area contributed by atoms with Crippen LogP contribution in [0.3, 0.4) is 0 Å². The molecule has 1 aromatic heterocycles. The number of hydrogen-bond acceptors (Lipinski definition) is 5. The molecule has 1 N–H and O–H groups in total. The molecule has 7 nitrogen and oxygen atoms in total. The Kier molecular flexibility index (Phi) is 4.40. The molecule has 2 fully saturated rings. The number of nitrogens with zero attached hydrogens (tertiary/aromatic N) is 4. The number of hydrogen-bond donors (Lipinski definition) is 1. The molecule has 0 radical (unpaired) electrons. The second kappa shape index (κ2) is 6.72. The van der Waals surface area contributed by atoms with Crippen LogP contribution in [0.25, 0.3) is 0 Å². The monoisotopic (exact) mass is 355 g/mol. The number of rotatable bonds is 2. The van der Waals surface area contributed by atoms with Crippen LogP contribution < -0.4 is 5.32 Å². The summed E-state index contributed by atoms with van der Waals surface area (Å²) < 4.78 is 5.40. The molecule has 1 aromatic carbocycles. The first-order valence-corrected chi connectivity index (χ1v) is 9.16. The van der Waals surface area contributed by atoms with E-state index in [9.17, 15) is 4.79 Å². The first kappa shape index (κ1) is 17.0. The van der Waals surface area contributed by atoms with Crippen molar-refractivity contribution in [3.05, 3.63) is 42.0 Å². The molecule has 4 rings (SSSR count). The van der Waals surface area contributed by atoms with Gasteiger partial charge in [-0.3, -0.25) is 4.90 Å². The van der Waals surface area contributed by atoms with Gasteiger partial charge in [-0.2, -0.15) is 4.98 Å². The van der Waals surface area contributed by atoms with E-state index in [2.05, 4.69) is 27.4 Å². The van der Waals surface area contributed by atoms with E-state index in [1.54, 1.807) is 0 Å². The zero-order valence-electron chi connectivity index (χ0n) is 15.3. The quantitative estimate of drug-likeness (QED) is 0.896. The normalized spacial score (nSPS) is 22.7. The van der Waals surface area contributed by atoms with Gasteiger partial charge >= 0.3 is 6.03 Å². The van der Waals surface area contributed by atoms with Crippen LogP contribution in [0.4, 0.5) is 10.5 Å². The standard InChI is InChI=1S/C19H25N5O2/c1-14-20-17(26-22-14)16-12-19(13-23(16)2)8-10-24(11-9-19)18(25)21-15-6-4-3-5-7-15/h3-7,16H,8-13H2,1-2H3,(H,21,25). The first-order valence-electron chi connectivity index (χ1n) is 9.16. The van der Waals surface area contributed by atoms with Crippen molar-refractivity contribution in [1.82, 2.24) is 19.9 Å². The van der Waals surface area contributed by atoms with E-state index < -0.39 is 0 Å². The number of piperidine rings is 1. The van der Waals surface area contributed by atoms with Crippen molar-refractivity contribution in [2.45, 2.75) is 32.2 Å². The number of carbonyl (C=O) groups is 1. The van der Waals surface area contributed by atoms with Crippen molar-refractivity contribution in [2.75, 3.05) is 32.0 Å². The SMILES string of the molecule is Cc1noc(C2CC3(CCN(C(=O)Nc4ccccc4)CC3)CN2C)n1. The molecule has 1 spiro atoms. The van der Waals surface area contributed by atoms with E-state index in [-0.39, 0.29) is 17.5 Å². The van der Waals surface area contributed by atoms with E-state index in [0.717, 1.165) is 44.6 Å². The van der Waals surface area contributed by atoms with Gasteiger partial charge in [-0.1, -0.05) is 23.4 Å². The number of urea groups is 1. The highest BCUT2D eigenvalue weighted by Crippen LogP contribution is 2.47. The van der Waals surface area contributed by atoms with Crippen molar-refractivity contribution in [1.29, 1.82) is 0 Å². The van der Waals surface area contributed by atoms with Crippen molar-refractivity contribution >= 4 is 11.7 Å². The molecule has 0 bridgehead atoms. The van der Waals surface area contributed by atoms with E-state index in [4.69, 9.17) is 4.52 Å². The number of likely N-dealkylation sites (tertiary alicyclic amines) is 2. The molecule has 138 valence electrons. The minimum Gasteiger partial charge on any atom is -0.338 e. The molecule has 2 amide bonds. The number of para-hydroxylation sites is 1. The average Bonchev–Trinajstić information content (AvgIpc) is 3.20. The topological polar surface area (TPSA) is 74.5 Å². The first-order chi connectivity index (χ1) is 12.5. The largest absolute Gasteiger partial charge is 0.338 e. The van der Waals surface area contributed by atoms with Gasteiger partial charge in [0.05, 0.1) is 6.04 Å². The summed E-state index contributed by atoms with van der Waals surface area (Å²) in [6.45, 7) is 4.42. The van der Waals surface area contributed by atoms with Crippen LogP contribution in [0.5, 0.6) is 0 Å². The van der Waals surface area contributed by atoms with Gasteiger partial charge in [0.1, 0.15) is 0 Å². The van der Waals surface area contributed by atoms with Gasteiger partial charge in [0.15, 0.2) is 5.82 Å². The zero-order chi connectivity index (χ0) is 18.1. The van der Waals surface area contributed by atoms with E-state index in [1.807, 2.05) is 42.2 Å². The smallest absolute Gasteiger partial charge is 0.321 e. The number of nitrogens with one attached hydrogen (secondary N) is 1. The highest BCUT2D eigenvalue weighted by atomic mass is 16.5. The van der Waals surface area contributed by atoms with Crippen LogP contribution in [0, 0.1) is 12.3 Å². The number of anilines is 1. The molecule has 7 heteroatoms. The number of aromatic nitrogens is 2. The Balaban J connectivity index is 1.36. The number of aryl methyl sites for hydroxylation is 1. The van der Waals surface area contributed by atoms with Crippen molar-refractivity contribution in [2.24, 2.45) is 5.41 Å². The summed E-state index contributed by atoms with van der Waals surface area (Å²) >= 11 is 0. The molecule has 0 aliphatic carbocycles. The second-order valence-electron chi connectivity index (χ2n) is 7.60. The third-order valence-corrected chi connectivity index (χ3v) is 5.71. The minimum absolute atomic E-state index is 0.0125. The lowest BCUT2D eigenvalue weighted by molar-refractivity contribution is 0.128. The Morgan fingerprint density at radius 3 is 2.65 bits per heavy atom. The van der Waals surface area contributed by atoms with Gasteiger partial charge < -0.3 is 14.7 Å². The van der Waals surface area contributed by atoms with Gasteiger partial charge in [0, 0.05) is 25.3 Å². The fraction of sp³-hybridized carbons (Fsp3) is 0.526. The summed E-state index contributed by atoms with van der Waals surface area (Å²) in [5.41, 5.74) is 1.07. The molecule has 26 heavy (non-hydrogen) atoms. The minimum atomic E-state index is -0.0125. The highest BCUT2D eigenvalue weighted by molar-refractivity contribution is 5.89. The Labute approximate surface area is 153 Å². The molecule has 2 aromatic rings. The molecular weight excluding hydrogens is 330 g/mol. The van der Waals surface area contributed by atoms with Crippen molar-refractivity contribution in [3.63, 3.8) is 0 Å².